The summed E-state index contributed by atoms with van der Waals surface area (Å²) in [7, 11) is 1.45. The van der Waals surface area contributed by atoms with Crippen LogP contribution >= 0.6 is 0 Å². The van der Waals surface area contributed by atoms with Gasteiger partial charge in [-0.25, -0.2) is 0 Å². The minimum atomic E-state index is -0.571. The minimum Gasteiger partial charge on any atom is -0.468 e. The zero-order valence-electron chi connectivity index (χ0n) is 10.5. The van der Waals surface area contributed by atoms with Gasteiger partial charge >= 0.3 is 5.97 Å². The largest absolute Gasteiger partial charge is 0.468 e. The fraction of sp³-hybridized carbons (Fsp3) is 0.917. The van der Waals surface area contributed by atoms with Crippen molar-refractivity contribution in [2.24, 2.45) is 0 Å². The molecular formula is C12H22N2O2. The van der Waals surface area contributed by atoms with Crippen LogP contribution in [-0.4, -0.2) is 48.7 Å². The Morgan fingerprint density at radius 1 is 1.38 bits per heavy atom. The number of hydrogen-bond donors (Lipinski definition) is 1. The first-order valence-electron chi connectivity index (χ1n) is 6.15. The van der Waals surface area contributed by atoms with Crippen LogP contribution in [0.5, 0.6) is 0 Å². The summed E-state index contributed by atoms with van der Waals surface area (Å²) in [4.78, 5) is 14.1. The average Bonchev–Trinajstić information content (AvgIpc) is 2.81. The van der Waals surface area contributed by atoms with E-state index >= 15 is 0 Å². The lowest BCUT2D eigenvalue weighted by atomic mass is 9.99. The van der Waals surface area contributed by atoms with E-state index in [0.29, 0.717) is 12.1 Å². The van der Waals surface area contributed by atoms with Gasteiger partial charge in [0.25, 0.3) is 0 Å². The van der Waals surface area contributed by atoms with E-state index < -0.39 is 5.54 Å². The van der Waals surface area contributed by atoms with Crippen LogP contribution in [0.3, 0.4) is 0 Å². The summed E-state index contributed by atoms with van der Waals surface area (Å²) in [6.45, 7) is 6.19. The Kier molecular flexibility index (Phi) is 3.22. The van der Waals surface area contributed by atoms with Gasteiger partial charge in [-0.05, 0) is 39.7 Å². The molecule has 2 aliphatic rings. The Morgan fingerprint density at radius 2 is 2.12 bits per heavy atom. The molecule has 0 aromatic rings. The van der Waals surface area contributed by atoms with Gasteiger partial charge in [0.15, 0.2) is 0 Å². The Balaban J connectivity index is 1.97. The molecule has 2 heterocycles. The standard InChI is InChI=1S/C12H22N2O2/c1-12(2,11(15)16-3)13-9-6-8-14-7-4-5-10(9)14/h9-10,13H,4-8H2,1-3H3. The van der Waals surface area contributed by atoms with Crippen LogP contribution in [0.4, 0.5) is 0 Å². The SMILES string of the molecule is COC(=O)C(C)(C)NC1CCN2CCCC12. The highest BCUT2D eigenvalue weighted by molar-refractivity contribution is 5.79. The van der Waals surface area contributed by atoms with Gasteiger partial charge in [-0.2, -0.15) is 0 Å². The predicted octanol–water partition coefficient (Wildman–Crippen LogP) is 0.764. The maximum absolute atomic E-state index is 11.6. The molecule has 0 aliphatic carbocycles. The van der Waals surface area contributed by atoms with Crippen molar-refractivity contribution in [2.45, 2.75) is 50.7 Å². The molecule has 0 aromatic carbocycles. The van der Waals surface area contributed by atoms with Crippen LogP contribution < -0.4 is 5.32 Å². The van der Waals surface area contributed by atoms with Crippen LogP contribution in [0.25, 0.3) is 0 Å². The topological polar surface area (TPSA) is 41.6 Å². The highest BCUT2D eigenvalue weighted by Crippen LogP contribution is 2.29. The molecule has 0 radical (unpaired) electrons. The highest BCUT2D eigenvalue weighted by atomic mass is 16.5. The van der Waals surface area contributed by atoms with Crippen LogP contribution in [0.2, 0.25) is 0 Å². The van der Waals surface area contributed by atoms with Crippen LogP contribution in [0.15, 0.2) is 0 Å². The number of nitrogens with one attached hydrogen (secondary N) is 1. The fourth-order valence-corrected chi connectivity index (χ4v) is 3.03. The molecule has 4 nitrogen and oxygen atoms in total. The summed E-state index contributed by atoms with van der Waals surface area (Å²) in [6.07, 6.45) is 3.70. The summed E-state index contributed by atoms with van der Waals surface area (Å²) in [5.41, 5.74) is -0.571. The molecule has 2 unspecified atom stereocenters. The number of ether oxygens (including phenoxy) is 1. The summed E-state index contributed by atoms with van der Waals surface area (Å²) >= 11 is 0. The molecule has 2 aliphatic heterocycles. The Hall–Kier alpha value is -0.610. The van der Waals surface area contributed by atoms with Gasteiger partial charge in [-0.15, -0.1) is 0 Å². The molecule has 2 atom stereocenters. The van der Waals surface area contributed by atoms with Gasteiger partial charge in [0, 0.05) is 18.6 Å². The third kappa shape index (κ3) is 2.09. The third-order valence-electron chi connectivity index (χ3n) is 3.85. The zero-order valence-corrected chi connectivity index (χ0v) is 10.5. The zero-order chi connectivity index (χ0) is 11.8. The maximum atomic E-state index is 11.6. The Bertz CT molecular complexity index is 278. The Morgan fingerprint density at radius 3 is 2.81 bits per heavy atom. The van der Waals surface area contributed by atoms with Gasteiger partial charge in [0.2, 0.25) is 0 Å². The average molecular weight is 226 g/mol. The number of hydrogen-bond acceptors (Lipinski definition) is 4. The number of rotatable bonds is 3. The lowest BCUT2D eigenvalue weighted by Gasteiger charge is -2.30. The van der Waals surface area contributed by atoms with Gasteiger partial charge in [0.1, 0.15) is 5.54 Å². The van der Waals surface area contributed by atoms with E-state index in [9.17, 15) is 4.79 Å². The first kappa shape index (κ1) is 11.9. The molecule has 0 saturated carbocycles. The number of carbonyl (C=O) groups excluding carboxylic acids is 1. The molecule has 2 rings (SSSR count). The quantitative estimate of drug-likeness (QED) is 0.722. The normalized spacial score (nSPS) is 30.4. The first-order chi connectivity index (χ1) is 7.54. The molecule has 92 valence electrons. The van der Waals surface area contributed by atoms with E-state index in [4.69, 9.17) is 4.74 Å². The third-order valence-corrected chi connectivity index (χ3v) is 3.85. The van der Waals surface area contributed by atoms with Crippen molar-refractivity contribution in [3.63, 3.8) is 0 Å². The summed E-state index contributed by atoms with van der Waals surface area (Å²) < 4.78 is 4.82. The second-order valence-electron chi connectivity index (χ2n) is 5.40. The fourth-order valence-electron chi connectivity index (χ4n) is 3.03. The van der Waals surface area contributed by atoms with Crippen LogP contribution in [0, 0.1) is 0 Å². The maximum Gasteiger partial charge on any atom is 0.325 e. The van der Waals surface area contributed by atoms with Crippen molar-refractivity contribution in [3.05, 3.63) is 0 Å². The van der Waals surface area contributed by atoms with E-state index in [1.165, 1.54) is 33.0 Å². The highest BCUT2D eigenvalue weighted by Gasteiger charge is 2.41. The molecule has 0 bridgehead atoms. The van der Waals surface area contributed by atoms with E-state index in [1.807, 2.05) is 13.8 Å². The molecular weight excluding hydrogens is 204 g/mol. The molecule has 16 heavy (non-hydrogen) atoms. The first-order valence-corrected chi connectivity index (χ1v) is 6.15. The molecule has 2 saturated heterocycles. The minimum absolute atomic E-state index is 0.177. The van der Waals surface area contributed by atoms with Crippen molar-refractivity contribution in [2.75, 3.05) is 20.2 Å². The number of methoxy groups -OCH3 is 1. The van der Waals surface area contributed by atoms with Gasteiger partial charge in [-0.3, -0.25) is 15.0 Å². The van der Waals surface area contributed by atoms with Gasteiger partial charge < -0.3 is 4.74 Å². The molecule has 4 heteroatoms. The summed E-state index contributed by atoms with van der Waals surface area (Å²) in [6, 6.07) is 1.07. The van der Waals surface area contributed by atoms with Crippen molar-refractivity contribution in [3.8, 4) is 0 Å². The van der Waals surface area contributed by atoms with E-state index in [-0.39, 0.29) is 5.97 Å². The lowest BCUT2D eigenvalue weighted by Crippen LogP contribution is -2.54. The molecule has 0 aromatic heterocycles. The Labute approximate surface area is 97.3 Å². The van der Waals surface area contributed by atoms with Crippen LogP contribution in [0.1, 0.15) is 33.1 Å². The van der Waals surface area contributed by atoms with Crippen molar-refractivity contribution < 1.29 is 9.53 Å². The molecule has 0 spiro atoms. The van der Waals surface area contributed by atoms with Gasteiger partial charge in [0.05, 0.1) is 7.11 Å². The van der Waals surface area contributed by atoms with E-state index in [2.05, 4.69) is 10.2 Å². The second-order valence-corrected chi connectivity index (χ2v) is 5.40. The lowest BCUT2D eigenvalue weighted by molar-refractivity contribution is -0.147. The number of carbonyl (C=O) groups is 1. The smallest absolute Gasteiger partial charge is 0.325 e. The van der Waals surface area contributed by atoms with Gasteiger partial charge in [-0.1, -0.05) is 0 Å². The van der Waals surface area contributed by atoms with E-state index in [0.717, 1.165) is 6.42 Å². The van der Waals surface area contributed by atoms with Crippen molar-refractivity contribution >= 4 is 5.97 Å². The number of nitrogens with zero attached hydrogens (tertiary/aromatic N) is 1. The van der Waals surface area contributed by atoms with Crippen molar-refractivity contribution in [1.82, 2.24) is 10.2 Å². The summed E-state index contributed by atoms with van der Waals surface area (Å²) in [5, 5.41) is 3.46. The van der Waals surface area contributed by atoms with Crippen molar-refractivity contribution in [1.29, 1.82) is 0 Å². The number of fused-ring (bicyclic) bond motifs is 1. The number of esters is 1. The monoisotopic (exact) mass is 226 g/mol. The molecule has 1 N–H and O–H groups in total. The molecule has 2 fully saturated rings. The molecule has 0 amide bonds. The van der Waals surface area contributed by atoms with E-state index in [1.54, 1.807) is 0 Å². The summed E-state index contributed by atoms with van der Waals surface area (Å²) in [5.74, 6) is -0.177. The second kappa shape index (κ2) is 4.34. The predicted molar refractivity (Wildman–Crippen MR) is 62.2 cm³/mol. The van der Waals surface area contributed by atoms with Crippen LogP contribution in [-0.2, 0) is 9.53 Å².